The zero-order chi connectivity index (χ0) is 19.6. The van der Waals surface area contributed by atoms with E-state index in [4.69, 9.17) is 4.74 Å². The van der Waals surface area contributed by atoms with Gasteiger partial charge in [0, 0.05) is 19.2 Å². The Morgan fingerprint density at radius 1 is 1.26 bits per heavy atom. The van der Waals surface area contributed by atoms with Gasteiger partial charge in [0.05, 0.1) is 29.5 Å². The molecule has 0 unspecified atom stereocenters. The monoisotopic (exact) mass is 392 g/mol. The van der Waals surface area contributed by atoms with Crippen LogP contribution in [0, 0.1) is 6.92 Å². The van der Waals surface area contributed by atoms with Gasteiger partial charge >= 0.3 is 11.8 Å². The lowest BCUT2D eigenvalue weighted by molar-refractivity contribution is -0.136. The van der Waals surface area contributed by atoms with Crippen LogP contribution in [-0.2, 0) is 35.7 Å². The second-order valence-corrected chi connectivity index (χ2v) is 8.32. The minimum absolute atomic E-state index is 0.187. The van der Waals surface area contributed by atoms with E-state index >= 15 is 0 Å². The number of carbonyl (C=O) groups excluding carboxylic acids is 2. The number of carbonyl (C=O) groups is 2. The standard InChI is InChI=1S/C17H20N4O5S/c1-11-4-3-5-12(8-11)21-15(13-9-27(24,25)10-14(13)20-21)19-17(23)16(22)18-6-7-26-2/h3-5,8H,6-7,9-10H2,1-2H3,(H,18,22)(H,19,23). The highest BCUT2D eigenvalue weighted by Gasteiger charge is 2.33. The van der Waals surface area contributed by atoms with Gasteiger partial charge in [0.2, 0.25) is 0 Å². The number of anilines is 1. The van der Waals surface area contributed by atoms with Crippen LogP contribution in [0.5, 0.6) is 0 Å². The molecule has 144 valence electrons. The number of sulfone groups is 1. The molecule has 10 heteroatoms. The van der Waals surface area contributed by atoms with E-state index in [1.165, 1.54) is 11.8 Å². The molecule has 0 spiro atoms. The Hall–Kier alpha value is -2.72. The summed E-state index contributed by atoms with van der Waals surface area (Å²) in [6.45, 7) is 2.37. The summed E-state index contributed by atoms with van der Waals surface area (Å²) in [7, 11) is -1.83. The minimum Gasteiger partial charge on any atom is -0.383 e. The molecule has 0 saturated heterocycles. The summed E-state index contributed by atoms with van der Waals surface area (Å²) in [5.74, 6) is -1.95. The smallest absolute Gasteiger partial charge is 0.314 e. The van der Waals surface area contributed by atoms with Crippen molar-refractivity contribution >= 4 is 27.5 Å². The summed E-state index contributed by atoms with van der Waals surface area (Å²) in [4.78, 5) is 24.2. The van der Waals surface area contributed by atoms with Crippen LogP contribution in [-0.4, -0.2) is 50.3 Å². The highest BCUT2D eigenvalue weighted by Crippen LogP contribution is 2.33. The van der Waals surface area contributed by atoms with Crippen LogP contribution in [0.25, 0.3) is 5.69 Å². The third-order valence-electron chi connectivity index (χ3n) is 4.06. The molecular weight excluding hydrogens is 372 g/mol. The first-order valence-electron chi connectivity index (χ1n) is 8.27. The van der Waals surface area contributed by atoms with E-state index in [1.807, 2.05) is 25.1 Å². The van der Waals surface area contributed by atoms with Crippen LogP contribution in [0.2, 0.25) is 0 Å². The summed E-state index contributed by atoms with van der Waals surface area (Å²) in [6.07, 6.45) is 0. The predicted octanol–water partition coefficient (Wildman–Crippen LogP) is 0.310. The van der Waals surface area contributed by atoms with Crippen molar-refractivity contribution < 1.29 is 22.7 Å². The third-order valence-corrected chi connectivity index (χ3v) is 5.51. The number of amides is 2. The first-order valence-corrected chi connectivity index (χ1v) is 10.1. The fourth-order valence-corrected chi connectivity index (χ4v) is 4.32. The molecule has 0 atom stereocenters. The molecule has 2 N–H and O–H groups in total. The maximum absolute atomic E-state index is 12.3. The fourth-order valence-electron chi connectivity index (χ4n) is 2.83. The first-order chi connectivity index (χ1) is 12.8. The molecule has 3 rings (SSSR count). The zero-order valence-corrected chi connectivity index (χ0v) is 15.8. The second kappa shape index (κ2) is 7.49. The van der Waals surface area contributed by atoms with Gasteiger partial charge in [-0.3, -0.25) is 9.59 Å². The van der Waals surface area contributed by atoms with E-state index in [-0.39, 0.29) is 30.5 Å². The Balaban J connectivity index is 1.93. The van der Waals surface area contributed by atoms with E-state index in [9.17, 15) is 18.0 Å². The van der Waals surface area contributed by atoms with E-state index < -0.39 is 21.7 Å². The van der Waals surface area contributed by atoms with Gasteiger partial charge in [0.25, 0.3) is 0 Å². The van der Waals surface area contributed by atoms with Gasteiger partial charge in [-0.1, -0.05) is 12.1 Å². The van der Waals surface area contributed by atoms with Crippen LogP contribution < -0.4 is 10.6 Å². The van der Waals surface area contributed by atoms with Crippen molar-refractivity contribution in [1.29, 1.82) is 0 Å². The molecule has 2 amide bonds. The molecule has 1 aliphatic heterocycles. The number of hydrogen-bond acceptors (Lipinski definition) is 6. The largest absolute Gasteiger partial charge is 0.383 e. The van der Waals surface area contributed by atoms with Gasteiger partial charge in [-0.25, -0.2) is 13.1 Å². The molecule has 0 aliphatic carbocycles. The van der Waals surface area contributed by atoms with E-state index in [0.717, 1.165) is 5.56 Å². The normalized spacial score (nSPS) is 14.6. The van der Waals surface area contributed by atoms with Crippen molar-refractivity contribution in [3.05, 3.63) is 41.1 Å². The lowest BCUT2D eigenvalue weighted by Crippen LogP contribution is -2.37. The molecule has 1 aromatic carbocycles. The van der Waals surface area contributed by atoms with Crippen molar-refractivity contribution in [2.24, 2.45) is 0 Å². The molecule has 0 radical (unpaired) electrons. The predicted molar refractivity (Wildman–Crippen MR) is 98.1 cm³/mol. The van der Waals surface area contributed by atoms with E-state index in [1.54, 1.807) is 6.07 Å². The third kappa shape index (κ3) is 4.17. The maximum Gasteiger partial charge on any atom is 0.314 e. The number of fused-ring (bicyclic) bond motifs is 1. The van der Waals surface area contributed by atoms with Crippen molar-refractivity contribution in [2.75, 3.05) is 25.6 Å². The number of ether oxygens (including phenoxy) is 1. The number of nitrogens with one attached hydrogen (secondary N) is 2. The molecule has 1 aromatic heterocycles. The number of nitrogens with zero attached hydrogens (tertiary/aromatic N) is 2. The van der Waals surface area contributed by atoms with Gasteiger partial charge in [-0.15, -0.1) is 0 Å². The molecule has 9 nitrogen and oxygen atoms in total. The Kier molecular flexibility index (Phi) is 5.29. The highest BCUT2D eigenvalue weighted by molar-refractivity contribution is 7.90. The molecule has 1 aliphatic rings. The quantitative estimate of drug-likeness (QED) is 0.558. The van der Waals surface area contributed by atoms with Crippen LogP contribution >= 0.6 is 0 Å². The summed E-state index contributed by atoms with van der Waals surface area (Å²) in [5.41, 5.74) is 2.43. The van der Waals surface area contributed by atoms with E-state index in [2.05, 4.69) is 15.7 Å². The number of aromatic nitrogens is 2. The second-order valence-electron chi connectivity index (χ2n) is 6.26. The molecule has 0 bridgehead atoms. The van der Waals surface area contributed by atoms with E-state index in [0.29, 0.717) is 16.9 Å². The van der Waals surface area contributed by atoms with Crippen LogP contribution in [0.3, 0.4) is 0 Å². The summed E-state index contributed by atoms with van der Waals surface area (Å²) < 4.78 is 30.2. The number of benzene rings is 1. The lowest BCUT2D eigenvalue weighted by Gasteiger charge is -2.11. The molecule has 2 heterocycles. The van der Waals surface area contributed by atoms with Crippen molar-refractivity contribution in [3.8, 4) is 5.69 Å². The van der Waals surface area contributed by atoms with Crippen LogP contribution in [0.4, 0.5) is 5.82 Å². The summed E-state index contributed by atoms with van der Waals surface area (Å²) >= 11 is 0. The molecule has 2 aromatic rings. The number of methoxy groups -OCH3 is 1. The Morgan fingerprint density at radius 3 is 2.74 bits per heavy atom. The van der Waals surface area contributed by atoms with Crippen molar-refractivity contribution in [1.82, 2.24) is 15.1 Å². The summed E-state index contributed by atoms with van der Waals surface area (Å²) in [6, 6.07) is 7.38. The topological polar surface area (TPSA) is 119 Å². The van der Waals surface area contributed by atoms with Gasteiger partial charge in [0.15, 0.2) is 9.84 Å². The average molecular weight is 392 g/mol. The van der Waals surface area contributed by atoms with Crippen molar-refractivity contribution in [2.45, 2.75) is 18.4 Å². The average Bonchev–Trinajstić information content (AvgIpc) is 3.07. The number of hydrogen-bond donors (Lipinski definition) is 2. The first kappa shape index (κ1) is 19.1. The van der Waals surface area contributed by atoms with Crippen LogP contribution in [0.1, 0.15) is 16.8 Å². The number of aryl methyl sites for hydroxylation is 1. The number of rotatable bonds is 5. The highest BCUT2D eigenvalue weighted by atomic mass is 32.2. The molecule has 0 saturated carbocycles. The van der Waals surface area contributed by atoms with Gasteiger partial charge < -0.3 is 15.4 Å². The minimum atomic E-state index is -3.31. The maximum atomic E-state index is 12.3. The Bertz CT molecular complexity index is 997. The SMILES string of the molecule is COCCNC(=O)C(=O)Nc1c2c(nn1-c1cccc(C)c1)CS(=O)(=O)C2. The lowest BCUT2D eigenvalue weighted by atomic mass is 10.2. The van der Waals surface area contributed by atoms with Crippen LogP contribution in [0.15, 0.2) is 24.3 Å². The van der Waals surface area contributed by atoms with Gasteiger partial charge in [0.1, 0.15) is 5.82 Å². The fraction of sp³-hybridized carbons (Fsp3) is 0.353. The summed E-state index contributed by atoms with van der Waals surface area (Å²) in [5, 5.41) is 9.30. The molecular formula is C17H20N4O5S. The van der Waals surface area contributed by atoms with Gasteiger partial charge in [-0.05, 0) is 24.6 Å². The Morgan fingerprint density at radius 2 is 2.04 bits per heavy atom. The van der Waals surface area contributed by atoms with Gasteiger partial charge in [-0.2, -0.15) is 5.10 Å². The zero-order valence-electron chi connectivity index (χ0n) is 15.0. The Labute approximate surface area is 156 Å². The van der Waals surface area contributed by atoms with Crippen molar-refractivity contribution in [3.63, 3.8) is 0 Å². The molecule has 0 fully saturated rings. The molecule has 27 heavy (non-hydrogen) atoms.